The molecular formula is C18H21N3OS. The van der Waals surface area contributed by atoms with Crippen LogP contribution in [-0.2, 0) is 6.42 Å². The number of nitrogens with two attached hydrogens (primary N) is 1. The summed E-state index contributed by atoms with van der Waals surface area (Å²) in [6.45, 7) is 5.99. The molecule has 0 saturated carbocycles. The molecule has 0 saturated heterocycles. The molecule has 0 unspecified atom stereocenters. The fraction of sp³-hybridized carbons (Fsp3) is 0.222. The molecule has 0 aliphatic rings. The molecule has 120 valence electrons. The van der Waals surface area contributed by atoms with Gasteiger partial charge in [0.05, 0.1) is 0 Å². The van der Waals surface area contributed by atoms with Gasteiger partial charge in [0.25, 0.3) is 5.91 Å². The number of hydrogen-bond acceptors (Lipinski definition) is 2. The molecule has 0 radical (unpaired) electrons. The molecule has 0 aliphatic carbocycles. The Bertz CT molecular complexity index is 739. The summed E-state index contributed by atoms with van der Waals surface area (Å²) >= 11 is 4.87. The van der Waals surface area contributed by atoms with Crippen molar-refractivity contribution in [3.05, 3.63) is 58.7 Å². The average molecular weight is 327 g/mol. The van der Waals surface area contributed by atoms with Crippen LogP contribution in [0.4, 0.5) is 11.4 Å². The van der Waals surface area contributed by atoms with Gasteiger partial charge in [0.15, 0.2) is 5.11 Å². The van der Waals surface area contributed by atoms with E-state index >= 15 is 0 Å². The number of nitrogens with one attached hydrogen (secondary N) is 2. The van der Waals surface area contributed by atoms with Gasteiger partial charge in [0.1, 0.15) is 0 Å². The van der Waals surface area contributed by atoms with Gasteiger partial charge in [-0.1, -0.05) is 24.6 Å². The zero-order chi connectivity index (χ0) is 17.0. The van der Waals surface area contributed by atoms with E-state index in [1.54, 1.807) is 0 Å². The Morgan fingerprint density at radius 1 is 1.13 bits per heavy atom. The normalized spacial score (nSPS) is 10.2. The molecule has 0 aliphatic heterocycles. The first-order valence-electron chi connectivity index (χ1n) is 7.48. The summed E-state index contributed by atoms with van der Waals surface area (Å²) in [5.74, 6) is -0.113. The topological polar surface area (TPSA) is 67.2 Å². The highest BCUT2D eigenvalue weighted by Gasteiger charge is 2.12. The van der Waals surface area contributed by atoms with Crippen molar-refractivity contribution in [2.75, 3.05) is 10.6 Å². The number of aryl methyl sites for hydroxylation is 3. The molecule has 23 heavy (non-hydrogen) atoms. The van der Waals surface area contributed by atoms with Crippen molar-refractivity contribution < 1.29 is 4.79 Å². The molecule has 2 aromatic rings. The Kier molecular flexibility index (Phi) is 5.34. The monoisotopic (exact) mass is 327 g/mol. The second kappa shape index (κ2) is 7.24. The summed E-state index contributed by atoms with van der Waals surface area (Å²) in [5, 5.41) is 6.18. The van der Waals surface area contributed by atoms with E-state index in [0.717, 1.165) is 34.5 Å². The number of carbonyl (C=O) groups excluding carboxylic acids is 1. The lowest BCUT2D eigenvalue weighted by molar-refractivity contribution is 0.102. The number of anilines is 2. The van der Waals surface area contributed by atoms with E-state index in [2.05, 4.69) is 10.6 Å². The molecule has 0 aromatic heterocycles. The van der Waals surface area contributed by atoms with Crippen LogP contribution >= 0.6 is 12.2 Å². The van der Waals surface area contributed by atoms with E-state index in [1.165, 1.54) is 0 Å². The van der Waals surface area contributed by atoms with Gasteiger partial charge in [-0.15, -0.1) is 0 Å². The number of amides is 1. The molecule has 0 fully saturated rings. The third kappa shape index (κ3) is 4.29. The van der Waals surface area contributed by atoms with E-state index in [-0.39, 0.29) is 11.0 Å². The molecule has 0 atom stereocenters. The van der Waals surface area contributed by atoms with E-state index in [4.69, 9.17) is 18.0 Å². The summed E-state index contributed by atoms with van der Waals surface area (Å²) < 4.78 is 0. The third-order valence-corrected chi connectivity index (χ3v) is 3.72. The van der Waals surface area contributed by atoms with Gasteiger partial charge in [-0.3, -0.25) is 4.79 Å². The molecule has 0 heterocycles. The van der Waals surface area contributed by atoms with Gasteiger partial charge in [-0.25, -0.2) is 0 Å². The summed E-state index contributed by atoms with van der Waals surface area (Å²) in [5.41, 5.74) is 11.0. The highest BCUT2D eigenvalue weighted by Crippen LogP contribution is 2.26. The van der Waals surface area contributed by atoms with E-state index < -0.39 is 0 Å². The molecule has 1 amide bonds. The zero-order valence-electron chi connectivity index (χ0n) is 13.6. The van der Waals surface area contributed by atoms with E-state index in [0.29, 0.717) is 5.56 Å². The maximum absolute atomic E-state index is 12.4. The second-order valence-electron chi connectivity index (χ2n) is 5.49. The minimum absolute atomic E-state index is 0.113. The Labute approximate surface area is 142 Å². The first-order valence-corrected chi connectivity index (χ1v) is 7.89. The van der Waals surface area contributed by atoms with Gasteiger partial charge in [-0.2, -0.15) is 0 Å². The largest absolute Gasteiger partial charge is 0.376 e. The maximum Gasteiger partial charge on any atom is 0.255 e. The van der Waals surface area contributed by atoms with Crippen LogP contribution in [0, 0.1) is 13.8 Å². The molecule has 0 spiro atoms. The van der Waals surface area contributed by atoms with Crippen LogP contribution in [0.1, 0.15) is 34.0 Å². The van der Waals surface area contributed by atoms with Crippen molar-refractivity contribution in [3.8, 4) is 0 Å². The van der Waals surface area contributed by atoms with Crippen molar-refractivity contribution >= 4 is 34.6 Å². The van der Waals surface area contributed by atoms with Crippen LogP contribution in [-0.4, -0.2) is 11.0 Å². The lowest BCUT2D eigenvalue weighted by Gasteiger charge is -2.16. The van der Waals surface area contributed by atoms with Gasteiger partial charge < -0.3 is 16.4 Å². The number of rotatable bonds is 4. The number of benzene rings is 2. The Hall–Kier alpha value is -2.40. The lowest BCUT2D eigenvalue weighted by Crippen LogP contribution is -2.19. The van der Waals surface area contributed by atoms with Crippen LogP contribution in [0.5, 0.6) is 0 Å². The Balaban J connectivity index is 2.29. The first-order chi connectivity index (χ1) is 10.9. The van der Waals surface area contributed by atoms with E-state index in [9.17, 15) is 4.79 Å². The van der Waals surface area contributed by atoms with E-state index in [1.807, 2.05) is 57.2 Å². The smallest absolute Gasteiger partial charge is 0.255 e. The Morgan fingerprint density at radius 3 is 2.35 bits per heavy atom. The van der Waals surface area contributed by atoms with Crippen LogP contribution in [0.2, 0.25) is 0 Å². The van der Waals surface area contributed by atoms with Crippen molar-refractivity contribution in [1.29, 1.82) is 0 Å². The Morgan fingerprint density at radius 2 is 1.78 bits per heavy atom. The minimum atomic E-state index is -0.113. The van der Waals surface area contributed by atoms with Crippen LogP contribution < -0.4 is 16.4 Å². The molecule has 0 bridgehead atoms. The molecule has 2 rings (SSSR count). The fourth-order valence-electron chi connectivity index (χ4n) is 2.42. The number of thiocarbonyl (C=S) groups is 1. The predicted octanol–water partition coefficient (Wildman–Crippen LogP) is 3.77. The zero-order valence-corrected chi connectivity index (χ0v) is 14.4. The van der Waals surface area contributed by atoms with Crippen molar-refractivity contribution in [3.63, 3.8) is 0 Å². The summed E-state index contributed by atoms with van der Waals surface area (Å²) in [6, 6.07) is 11.4. The maximum atomic E-state index is 12.4. The molecule has 4 N–H and O–H groups in total. The van der Waals surface area contributed by atoms with Crippen LogP contribution in [0.3, 0.4) is 0 Å². The molecular weight excluding hydrogens is 306 g/mol. The molecule has 2 aromatic carbocycles. The average Bonchev–Trinajstić information content (AvgIpc) is 2.49. The van der Waals surface area contributed by atoms with Crippen molar-refractivity contribution in [2.24, 2.45) is 5.73 Å². The van der Waals surface area contributed by atoms with Crippen molar-refractivity contribution in [1.82, 2.24) is 0 Å². The highest BCUT2D eigenvalue weighted by atomic mass is 32.1. The number of hydrogen-bond donors (Lipinski definition) is 3. The standard InChI is InChI=1S/C18H21N3OS/c1-4-13-10-15(20-18(19)23)9-12(3)16(13)21-17(22)14-7-5-11(2)6-8-14/h5-10H,4H2,1-3H3,(H,21,22)(H3,19,20,23). The quantitative estimate of drug-likeness (QED) is 0.748. The third-order valence-electron chi connectivity index (χ3n) is 3.62. The second-order valence-corrected chi connectivity index (χ2v) is 5.93. The minimum Gasteiger partial charge on any atom is -0.376 e. The molecule has 5 heteroatoms. The summed E-state index contributed by atoms with van der Waals surface area (Å²) in [6.07, 6.45) is 0.789. The van der Waals surface area contributed by atoms with Crippen LogP contribution in [0.25, 0.3) is 0 Å². The van der Waals surface area contributed by atoms with Crippen LogP contribution in [0.15, 0.2) is 36.4 Å². The summed E-state index contributed by atoms with van der Waals surface area (Å²) in [7, 11) is 0. The first kappa shape index (κ1) is 17.0. The predicted molar refractivity (Wildman–Crippen MR) is 100 cm³/mol. The van der Waals surface area contributed by atoms with Gasteiger partial charge >= 0.3 is 0 Å². The van der Waals surface area contributed by atoms with Gasteiger partial charge in [-0.05, 0) is 67.9 Å². The molecule has 4 nitrogen and oxygen atoms in total. The van der Waals surface area contributed by atoms with Gasteiger partial charge in [0.2, 0.25) is 0 Å². The van der Waals surface area contributed by atoms with Gasteiger partial charge in [0, 0.05) is 16.9 Å². The number of carbonyl (C=O) groups is 1. The van der Waals surface area contributed by atoms with Crippen molar-refractivity contribution in [2.45, 2.75) is 27.2 Å². The SMILES string of the molecule is CCc1cc(NC(N)=S)cc(C)c1NC(=O)c1ccc(C)cc1. The fourth-order valence-corrected chi connectivity index (χ4v) is 2.54. The lowest BCUT2D eigenvalue weighted by atomic mass is 10.0. The highest BCUT2D eigenvalue weighted by molar-refractivity contribution is 7.80. The summed E-state index contributed by atoms with van der Waals surface area (Å²) in [4.78, 5) is 12.4.